The Hall–Kier alpha value is -3.75. The number of rotatable bonds is 11. The van der Waals surface area contributed by atoms with Gasteiger partial charge in [-0.15, -0.1) is 11.6 Å². The number of aromatic amines is 1. The fourth-order valence-corrected chi connectivity index (χ4v) is 12.8. The van der Waals surface area contributed by atoms with E-state index in [1.54, 1.807) is 29.3 Å². The Morgan fingerprint density at radius 3 is 1.54 bits per heavy atom. The minimum atomic E-state index is -0.823. The quantitative estimate of drug-likeness (QED) is 0.0189. The van der Waals surface area contributed by atoms with E-state index >= 15 is 0 Å². The molecule has 9 heterocycles. The van der Waals surface area contributed by atoms with Gasteiger partial charge in [0.05, 0.1) is 56.9 Å². The molecule has 3 saturated heterocycles. The van der Waals surface area contributed by atoms with E-state index in [4.69, 9.17) is 120 Å². The molecule has 8 fully saturated rings. The molecule has 0 unspecified atom stereocenters. The molecule has 0 spiro atoms. The van der Waals surface area contributed by atoms with Crippen LogP contribution in [0.2, 0.25) is 15.5 Å². The summed E-state index contributed by atoms with van der Waals surface area (Å²) in [5.41, 5.74) is 22.0. The van der Waals surface area contributed by atoms with Crippen LogP contribution in [-0.2, 0) is 52.3 Å². The molecule has 0 amide bonds. The molecule has 108 heavy (non-hydrogen) atoms. The van der Waals surface area contributed by atoms with Gasteiger partial charge in [-0.25, -0.2) is 15.0 Å². The fraction of sp³-hybridized carbons (Fsp3) is 0.586. The number of allylic oxidation sites excluding steroid dienone is 1. The number of nitrogens with one attached hydrogen (secondary N) is 1. The molecule has 5 saturated carbocycles. The number of H-pyrrole nitrogens is 1. The number of nitrogens with two attached hydrogens (primary N) is 3. The van der Waals surface area contributed by atoms with Crippen LogP contribution in [0.4, 0.5) is 17.8 Å². The van der Waals surface area contributed by atoms with Crippen LogP contribution in [0.1, 0.15) is 118 Å². The Labute approximate surface area is 721 Å². The molecule has 21 atom stereocenters. The summed E-state index contributed by atoms with van der Waals surface area (Å²) >= 11 is 22.8. The van der Waals surface area contributed by atoms with Gasteiger partial charge in [0.25, 0.3) is 0 Å². The molecular formula is C70H102BrCl4LiMgN15NaO15. The van der Waals surface area contributed by atoms with Gasteiger partial charge in [0.15, 0.2) is 55.5 Å². The van der Waals surface area contributed by atoms with Gasteiger partial charge >= 0.3 is 71.5 Å². The zero-order chi connectivity index (χ0) is 81.0. The first-order valence-corrected chi connectivity index (χ1v) is 34.5. The molecule has 9 aliphatic rings. The second-order valence-corrected chi connectivity index (χ2v) is 26.0. The van der Waals surface area contributed by atoms with Crippen molar-refractivity contribution in [3.63, 3.8) is 0 Å². The maximum Gasteiger partial charge on any atom is 2.00 e. The number of carbonyl (C=O) groups is 4. The van der Waals surface area contributed by atoms with E-state index in [1.165, 1.54) is 31.2 Å². The Bertz CT molecular complexity index is 4070. The average Bonchev–Trinajstić information content (AvgIpc) is 1.46. The number of ketones is 4. The SMILES string of the molecule is C[C@H]1C(=O)C=C[C@@H]1O.C[C@H]1C(=O)[C@@H]2O[C@@H]2[C@@H]1O.Nc1nc(Cl)c2[nH]cnc2n1.[2H]CO.[3H]CCCl.[3H]CCO[C@H]1C(=O)[C@H](n2cnc3c(Cl)nc(N)nc32)C(=C)[C@@H]1C.[3H]CCO[C@H]1[C@@H](O)[C@H](n2cnc3c(Cl)nc(N)nc32)C(=C)[C@@H]1C.[3H]CCO[C@H]1[C@H]2O[C@H]2C(=C)[C@@H]1C.[3H]CCO[C@H]1[C@H]2O[C@H]2C(=O)[C@@H]1C.[Br-].[CH2-]CCC.[CH3-].[H-].[Li+].[Mg+2].[Na+]. The zero-order valence-corrected chi connectivity index (χ0v) is 70.6. The number of alkyl halides is 1. The van der Waals surface area contributed by atoms with Crippen molar-refractivity contribution in [2.75, 3.05) is 56.6 Å². The molecule has 30 nitrogen and oxygen atoms in total. The van der Waals surface area contributed by atoms with Crippen molar-refractivity contribution in [2.24, 2.45) is 35.5 Å². The molecule has 38 heteroatoms. The summed E-state index contributed by atoms with van der Waals surface area (Å²) in [6.45, 7) is 31.6. The van der Waals surface area contributed by atoms with E-state index in [-0.39, 0.29) is 261 Å². The standard InChI is InChI=1S/C14H18ClN5O2.C14H16ClN5O2.C9H14O2.C8H12O3.C6H8O3.C6H8O2.C5H4ClN5.C4H9.C2H5Cl.CH4O.CH3.BrH.Li.Mg.Na.H/c2*1-4-22-11-7(3)6(2)9(10(11)21)20-5-17-8-12(15)18-14(16)19-13(8)20;1-4-10-7-5(2)6(3)8-9(7)11-8;1-3-10-6-4(2)5(9)7-8(6)11-7;1-2-3(7)5-6(9-5)4(2)8;1-4-5(7)2-3-6(4)8;6-3-2-4(9-1-8-2)11-5(7)10-3;1-3-4-2;1-2-3;1-2;;;;;;/h5,7,9-11,21H,2,4H2,1,3H3,(H2,16,18,19);5,7,9,11H,2,4H2,1,3H3,(H2,16,18,19);5,7-9H,3-4H2,1-2H3;4,6-8H,3H2,1-2H3;2-3,5-7H,1H3;2-5,7H,1H3;1H,(H3,7,8,9,10,11);1,3-4H2,2H3;2H2,1H3;2H,1H3;1H3;1H;;;;/q;;;;;;;-1;;;-1;;+1;+2;+1;-1/p-1/t7-,9+,10-,11+;7-,9+,11+;5-,7+,8-,9+;4-,6+,7-,8+;2-,3-,5-,6+;4-,5+;;;;;;;;;;/m000011........../s1/i4*1T;;;;;1T;1D;;;;;;. The van der Waals surface area contributed by atoms with Crippen LogP contribution in [0, 0.1) is 49.9 Å². The Morgan fingerprint density at radius 1 is 0.648 bits per heavy atom. The zero-order valence-electron chi connectivity index (χ0n) is 69.6. The largest absolute Gasteiger partial charge is 2.00 e. The number of halogens is 5. The monoisotopic (exact) mass is 1680 g/mol. The van der Waals surface area contributed by atoms with E-state index in [2.05, 4.69) is 90.3 Å². The van der Waals surface area contributed by atoms with Crippen LogP contribution in [0.5, 0.6) is 0 Å². The molecule has 6 aromatic heterocycles. The minimum absolute atomic E-state index is 0. The third-order valence-corrected chi connectivity index (χ3v) is 19.0. The van der Waals surface area contributed by atoms with Gasteiger partial charge in [0.2, 0.25) is 17.8 Å². The topological polar surface area (TPSA) is 443 Å². The van der Waals surface area contributed by atoms with Gasteiger partial charge in [-0.3, -0.25) is 19.2 Å². The van der Waals surface area contributed by atoms with E-state index in [9.17, 15) is 24.3 Å². The second-order valence-electron chi connectivity index (χ2n) is 24.5. The molecule has 15 rings (SSSR count). The smallest absolute Gasteiger partial charge is 1.00 e. The molecule has 0 aromatic carbocycles. The number of nitrogens with zero attached hydrogens (tertiary/aromatic N) is 11. The fourth-order valence-electron chi connectivity index (χ4n) is 12.1. The Balaban J connectivity index is 0.00000131. The molecule has 3 aliphatic heterocycles. The Morgan fingerprint density at radius 2 is 1.10 bits per heavy atom. The molecule has 11 N–H and O–H groups in total. The number of aliphatic hydroxyl groups excluding tert-OH is 4. The number of carbonyl (C=O) groups excluding carboxylic acids is 4. The van der Waals surface area contributed by atoms with Gasteiger partial charge in [-0.2, -0.15) is 36.3 Å². The summed E-state index contributed by atoms with van der Waals surface area (Å²) in [5.74, 6) is 0.482. The normalized spacial score (nSPS) is 30.3. The van der Waals surface area contributed by atoms with E-state index < -0.39 is 49.7 Å². The van der Waals surface area contributed by atoms with Gasteiger partial charge in [-0.05, 0) is 50.4 Å². The molecule has 0 bridgehead atoms. The van der Waals surface area contributed by atoms with Crippen LogP contribution in [0.25, 0.3) is 33.5 Å². The first-order valence-electron chi connectivity index (χ1n) is 37.1. The number of Topliss-reactive ketones (excluding diaryl/α,β-unsaturated/α-hetero) is 3. The van der Waals surface area contributed by atoms with Crippen molar-refractivity contribution in [3.05, 3.63) is 97.4 Å². The van der Waals surface area contributed by atoms with Gasteiger partial charge < -0.3 is 118 Å². The van der Waals surface area contributed by atoms with E-state index in [1.807, 2.05) is 20.8 Å². The van der Waals surface area contributed by atoms with E-state index in [0.717, 1.165) is 17.6 Å². The minimum Gasteiger partial charge on any atom is -1.00 e. The first kappa shape index (κ1) is 91.4. The van der Waals surface area contributed by atoms with Gasteiger partial charge in [0.1, 0.15) is 71.4 Å². The average molecular weight is 1680 g/mol. The number of nitrogen functional groups attached to an aromatic ring is 3. The predicted octanol–water partition coefficient (Wildman–Crippen LogP) is -1.19. The van der Waals surface area contributed by atoms with Crippen molar-refractivity contribution in [1.29, 1.82) is 0 Å². The van der Waals surface area contributed by atoms with E-state index in [0.29, 0.717) is 83.0 Å². The van der Waals surface area contributed by atoms with Crippen LogP contribution < -0.4 is 82.6 Å². The number of fused-ring (bicyclic) bond motifs is 6. The summed E-state index contributed by atoms with van der Waals surface area (Å²) in [5, 5.41) is 36.5. The molecule has 6 aromatic rings. The van der Waals surface area contributed by atoms with Crippen molar-refractivity contribution in [1.82, 2.24) is 59.0 Å². The van der Waals surface area contributed by atoms with Crippen LogP contribution in [0.15, 0.2) is 67.6 Å². The number of aromatic nitrogens is 12. The maximum absolute atomic E-state index is 12.7. The summed E-state index contributed by atoms with van der Waals surface area (Å²) in [4.78, 5) is 84.1. The first-order chi connectivity index (χ1) is 51.9. The molecule has 586 valence electrons. The van der Waals surface area contributed by atoms with Gasteiger partial charge in [-0.1, -0.05) is 122 Å². The van der Waals surface area contributed by atoms with Gasteiger partial charge in [0, 0.05) is 81.8 Å². The molecular weight excluding hydrogens is 1570 g/mol. The second kappa shape index (κ2) is 47.2. The van der Waals surface area contributed by atoms with Crippen molar-refractivity contribution in [3.8, 4) is 0 Å². The number of ether oxygens (including phenoxy) is 7. The number of unbranched alkanes of at least 4 members (excludes halogenated alkanes) is 1. The predicted molar refractivity (Wildman–Crippen MR) is 404 cm³/mol. The summed E-state index contributed by atoms with van der Waals surface area (Å²) < 4.78 is 81.0. The molecule has 6 aliphatic carbocycles. The third kappa shape index (κ3) is 24.2. The van der Waals surface area contributed by atoms with Crippen LogP contribution >= 0.6 is 46.4 Å². The van der Waals surface area contributed by atoms with Crippen LogP contribution in [0.3, 0.4) is 0 Å². The van der Waals surface area contributed by atoms with Crippen molar-refractivity contribution < 1.29 is 148 Å². The Kier molecular flexibility index (Phi) is 40.0. The van der Waals surface area contributed by atoms with Crippen LogP contribution in [-0.4, -0.2) is 244 Å². The molecule has 0 radical (unpaired) electrons. The summed E-state index contributed by atoms with van der Waals surface area (Å²) in [6, 6.07) is -1.09. The number of hydrogen-bond acceptors (Lipinski definition) is 27. The maximum atomic E-state index is 12.7. The number of aliphatic hydroxyl groups is 4. The third-order valence-electron chi connectivity index (χ3n) is 18.2. The number of anilines is 3. The number of epoxide rings is 3. The van der Waals surface area contributed by atoms with Crippen molar-refractivity contribution in [2.45, 2.75) is 187 Å². The summed E-state index contributed by atoms with van der Waals surface area (Å²) in [6.07, 6.45) is 6.78. The number of hydrogen-bond donors (Lipinski definition) is 8. The summed E-state index contributed by atoms with van der Waals surface area (Å²) in [7, 11) is -0.500. The van der Waals surface area contributed by atoms with Crippen molar-refractivity contribution >= 4 is 144 Å². The number of imidazole rings is 3.